The molecule has 26 heavy (non-hydrogen) atoms. The van der Waals surface area contributed by atoms with Gasteiger partial charge in [0.05, 0.1) is 22.6 Å². The van der Waals surface area contributed by atoms with Crippen molar-refractivity contribution in [2.75, 3.05) is 11.9 Å². The molecule has 0 aliphatic carbocycles. The third-order valence-electron chi connectivity index (χ3n) is 3.78. The van der Waals surface area contributed by atoms with E-state index in [-0.39, 0.29) is 5.69 Å². The fraction of sp³-hybridized carbons (Fsp3) is 0.158. The van der Waals surface area contributed by atoms with Gasteiger partial charge in [0.25, 0.3) is 5.69 Å². The van der Waals surface area contributed by atoms with Crippen molar-refractivity contribution in [1.29, 1.82) is 0 Å². The van der Waals surface area contributed by atoms with Gasteiger partial charge in [-0.1, -0.05) is 6.07 Å². The molecule has 2 aromatic carbocycles. The quantitative estimate of drug-likeness (QED) is 0.417. The van der Waals surface area contributed by atoms with Gasteiger partial charge in [0.1, 0.15) is 0 Å². The van der Waals surface area contributed by atoms with Crippen LogP contribution in [0.2, 0.25) is 0 Å². The van der Waals surface area contributed by atoms with Crippen molar-refractivity contribution in [2.45, 2.75) is 13.8 Å². The third-order valence-corrected chi connectivity index (χ3v) is 3.78. The Kier molecular flexibility index (Phi) is 4.79. The molecule has 0 aliphatic rings. The summed E-state index contributed by atoms with van der Waals surface area (Å²) in [7, 11) is 0. The first-order valence-electron chi connectivity index (χ1n) is 8.08. The number of aryl methyl sites for hydroxylation is 1. The van der Waals surface area contributed by atoms with Crippen LogP contribution in [0.5, 0.6) is 0 Å². The lowest BCUT2D eigenvalue weighted by atomic mass is 10.1. The van der Waals surface area contributed by atoms with Gasteiger partial charge in [0.2, 0.25) is 0 Å². The van der Waals surface area contributed by atoms with Crippen molar-refractivity contribution < 1.29 is 14.5 Å². The molecule has 0 bridgehead atoms. The molecule has 1 aromatic heterocycles. The van der Waals surface area contributed by atoms with Gasteiger partial charge in [-0.3, -0.25) is 15.1 Å². The van der Waals surface area contributed by atoms with Gasteiger partial charge in [0.15, 0.2) is 0 Å². The average molecular weight is 351 g/mol. The van der Waals surface area contributed by atoms with Crippen LogP contribution >= 0.6 is 0 Å². The van der Waals surface area contributed by atoms with E-state index in [1.54, 1.807) is 37.3 Å². The molecule has 0 spiro atoms. The molecule has 0 unspecified atom stereocenters. The lowest BCUT2D eigenvalue weighted by Gasteiger charge is -2.12. The van der Waals surface area contributed by atoms with E-state index in [0.717, 1.165) is 11.1 Å². The maximum atomic E-state index is 12.0. The van der Waals surface area contributed by atoms with Gasteiger partial charge in [0, 0.05) is 34.6 Å². The molecule has 0 radical (unpaired) electrons. The first-order valence-corrected chi connectivity index (χ1v) is 8.08. The third kappa shape index (κ3) is 3.61. The predicted octanol–water partition coefficient (Wildman–Crippen LogP) is 4.37. The summed E-state index contributed by atoms with van der Waals surface area (Å²) in [6, 6.07) is 13.2. The van der Waals surface area contributed by atoms with Crippen molar-refractivity contribution in [3.05, 3.63) is 69.9 Å². The number of hydrogen-bond acceptors (Lipinski definition) is 6. The zero-order valence-electron chi connectivity index (χ0n) is 14.4. The number of pyridine rings is 1. The number of fused-ring (bicyclic) bond motifs is 1. The Balaban J connectivity index is 2.06. The fourth-order valence-electron chi connectivity index (χ4n) is 2.66. The summed E-state index contributed by atoms with van der Waals surface area (Å²) in [5, 5.41) is 14.9. The van der Waals surface area contributed by atoms with E-state index >= 15 is 0 Å². The molecule has 3 aromatic rings. The summed E-state index contributed by atoms with van der Waals surface area (Å²) in [5.41, 5.74) is 3.21. The number of non-ortho nitro benzene ring substituents is 1. The highest BCUT2D eigenvalue weighted by Gasteiger charge is 2.12. The number of anilines is 2. The van der Waals surface area contributed by atoms with E-state index in [1.165, 1.54) is 12.1 Å². The second-order valence-electron chi connectivity index (χ2n) is 5.70. The number of nitrogens with one attached hydrogen (secondary N) is 1. The van der Waals surface area contributed by atoms with E-state index in [2.05, 4.69) is 10.3 Å². The number of benzene rings is 2. The molecule has 3 rings (SSSR count). The van der Waals surface area contributed by atoms with Crippen LogP contribution in [0.25, 0.3) is 10.9 Å². The molecule has 1 heterocycles. The molecule has 0 saturated carbocycles. The number of ether oxygens (including phenoxy) is 1. The molecule has 0 fully saturated rings. The number of rotatable bonds is 5. The van der Waals surface area contributed by atoms with Crippen LogP contribution in [0.15, 0.2) is 48.5 Å². The number of hydrogen-bond donors (Lipinski definition) is 1. The van der Waals surface area contributed by atoms with E-state index < -0.39 is 10.9 Å². The summed E-state index contributed by atoms with van der Waals surface area (Å²) in [4.78, 5) is 27.0. The zero-order valence-corrected chi connectivity index (χ0v) is 14.4. The summed E-state index contributed by atoms with van der Waals surface area (Å²) in [5.74, 6) is -0.406. The second-order valence-corrected chi connectivity index (χ2v) is 5.70. The van der Waals surface area contributed by atoms with Crippen molar-refractivity contribution in [3.63, 3.8) is 0 Å². The number of aromatic nitrogens is 1. The topological polar surface area (TPSA) is 94.4 Å². The predicted molar refractivity (Wildman–Crippen MR) is 98.8 cm³/mol. The fourth-order valence-corrected chi connectivity index (χ4v) is 2.66. The summed E-state index contributed by atoms with van der Waals surface area (Å²) >= 11 is 0. The second kappa shape index (κ2) is 7.18. The maximum absolute atomic E-state index is 12.0. The molecule has 7 nitrogen and oxygen atoms in total. The van der Waals surface area contributed by atoms with Crippen molar-refractivity contribution >= 4 is 33.9 Å². The van der Waals surface area contributed by atoms with Crippen molar-refractivity contribution in [1.82, 2.24) is 4.98 Å². The SMILES string of the molecule is CCOC(=O)c1ccc2nc(C)cc(Nc3cccc([N+](=O)[O-])c3)c2c1. The molecule has 0 saturated heterocycles. The van der Waals surface area contributed by atoms with Gasteiger partial charge in [-0.2, -0.15) is 0 Å². The van der Waals surface area contributed by atoms with Crippen LogP contribution in [0.1, 0.15) is 23.0 Å². The number of nitrogens with zero attached hydrogens (tertiary/aromatic N) is 2. The van der Waals surface area contributed by atoms with Crippen molar-refractivity contribution in [3.8, 4) is 0 Å². The summed E-state index contributed by atoms with van der Waals surface area (Å²) in [6.45, 7) is 3.90. The van der Waals surface area contributed by atoms with E-state index in [0.29, 0.717) is 29.1 Å². The summed E-state index contributed by atoms with van der Waals surface area (Å²) in [6.07, 6.45) is 0. The van der Waals surface area contributed by atoms with Gasteiger partial charge < -0.3 is 10.1 Å². The van der Waals surface area contributed by atoms with Gasteiger partial charge in [-0.15, -0.1) is 0 Å². The number of carbonyl (C=O) groups excluding carboxylic acids is 1. The standard InChI is InChI=1S/C19H17N3O4/c1-3-26-19(23)13-7-8-17-16(10-13)18(9-12(2)20-17)21-14-5-4-6-15(11-14)22(24)25/h4-11H,3H2,1-2H3,(H,20,21). The van der Waals surface area contributed by atoms with Gasteiger partial charge in [-0.05, 0) is 44.2 Å². The number of nitro groups is 1. The highest BCUT2D eigenvalue weighted by Crippen LogP contribution is 2.29. The molecule has 0 aliphatic heterocycles. The van der Waals surface area contributed by atoms with Crippen molar-refractivity contribution in [2.24, 2.45) is 0 Å². The van der Waals surface area contributed by atoms with E-state index in [4.69, 9.17) is 4.74 Å². The van der Waals surface area contributed by atoms with Gasteiger partial charge >= 0.3 is 5.97 Å². The van der Waals surface area contributed by atoms with Crippen LogP contribution in [-0.4, -0.2) is 22.5 Å². The van der Waals surface area contributed by atoms with E-state index in [1.807, 2.05) is 13.0 Å². The molecule has 7 heteroatoms. The number of nitro benzene ring substituents is 1. The normalized spacial score (nSPS) is 10.5. The molecule has 0 atom stereocenters. The smallest absolute Gasteiger partial charge is 0.338 e. The number of carbonyl (C=O) groups is 1. The highest BCUT2D eigenvalue weighted by molar-refractivity contribution is 5.99. The maximum Gasteiger partial charge on any atom is 0.338 e. The Morgan fingerprint density at radius 1 is 1.23 bits per heavy atom. The number of esters is 1. The minimum absolute atomic E-state index is 0.00250. The monoisotopic (exact) mass is 351 g/mol. The Bertz CT molecular complexity index is 1000. The molecular weight excluding hydrogens is 334 g/mol. The van der Waals surface area contributed by atoms with Gasteiger partial charge in [-0.25, -0.2) is 4.79 Å². The minimum Gasteiger partial charge on any atom is -0.462 e. The lowest BCUT2D eigenvalue weighted by Crippen LogP contribution is -2.05. The molecule has 1 N–H and O–H groups in total. The van der Waals surface area contributed by atoms with Crippen LogP contribution in [0, 0.1) is 17.0 Å². The molecule has 0 amide bonds. The first-order chi connectivity index (χ1) is 12.5. The lowest BCUT2D eigenvalue weighted by molar-refractivity contribution is -0.384. The highest BCUT2D eigenvalue weighted by atomic mass is 16.6. The molecule has 132 valence electrons. The first kappa shape index (κ1) is 17.3. The molecular formula is C19H17N3O4. The Morgan fingerprint density at radius 3 is 2.77 bits per heavy atom. The zero-order chi connectivity index (χ0) is 18.7. The summed E-state index contributed by atoms with van der Waals surface area (Å²) < 4.78 is 5.05. The van der Waals surface area contributed by atoms with E-state index in [9.17, 15) is 14.9 Å². The van der Waals surface area contributed by atoms with Crippen LogP contribution in [-0.2, 0) is 4.74 Å². The average Bonchev–Trinajstić information content (AvgIpc) is 2.61. The Labute approximate surface area is 149 Å². The van der Waals surface area contributed by atoms with Crippen LogP contribution in [0.3, 0.4) is 0 Å². The van der Waals surface area contributed by atoms with Crippen LogP contribution in [0.4, 0.5) is 17.1 Å². The Hall–Kier alpha value is -3.48. The van der Waals surface area contributed by atoms with Crippen LogP contribution < -0.4 is 5.32 Å². The largest absolute Gasteiger partial charge is 0.462 e. The Morgan fingerprint density at radius 2 is 2.04 bits per heavy atom. The minimum atomic E-state index is -0.444.